The van der Waals surface area contributed by atoms with Gasteiger partial charge in [-0.1, -0.05) is 25.0 Å². The third-order valence-corrected chi connectivity index (χ3v) is 7.81. The van der Waals surface area contributed by atoms with Gasteiger partial charge in [0, 0.05) is 18.7 Å². The first-order valence-electron chi connectivity index (χ1n) is 14.0. The molecular weight excluding hydrogens is 501 g/mol. The topological polar surface area (TPSA) is 105 Å². The van der Waals surface area contributed by atoms with Crippen LogP contribution in [0.3, 0.4) is 0 Å². The number of nitrogens with zero attached hydrogens (tertiary/aromatic N) is 1. The van der Waals surface area contributed by atoms with Crippen LogP contribution in [0.15, 0.2) is 36.4 Å². The number of carbonyl (C=O) groups excluding carboxylic acids is 4. The van der Waals surface area contributed by atoms with E-state index in [9.17, 15) is 23.6 Å². The number of carbonyl (C=O) groups is 4. The number of Topliss-reactive ketones (excluding diaryl/α,β-unsaturated/α-hetero) is 1. The van der Waals surface area contributed by atoms with E-state index in [1.807, 2.05) is 6.08 Å². The lowest BCUT2D eigenvalue weighted by atomic mass is 9.91. The Morgan fingerprint density at radius 2 is 1.79 bits per heavy atom. The second-order valence-corrected chi connectivity index (χ2v) is 12.0. The summed E-state index contributed by atoms with van der Waals surface area (Å²) in [6, 6.07) is 4.15. The quantitative estimate of drug-likeness (QED) is 0.516. The van der Waals surface area contributed by atoms with Crippen LogP contribution >= 0.6 is 0 Å². The van der Waals surface area contributed by atoms with Crippen molar-refractivity contribution in [1.82, 2.24) is 10.2 Å². The number of anilines is 1. The average molecular weight is 542 g/mol. The van der Waals surface area contributed by atoms with E-state index in [4.69, 9.17) is 4.74 Å². The summed E-state index contributed by atoms with van der Waals surface area (Å²) in [5.41, 5.74) is -1.12. The van der Waals surface area contributed by atoms with Crippen molar-refractivity contribution >= 4 is 29.4 Å². The number of hydrogen-bond donors (Lipinski definition) is 2. The van der Waals surface area contributed by atoms with Crippen molar-refractivity contribution in [2.24, 2.45) is 11.3 Å². The summed E-state index contributed by atoms with van der Waals surface area (Å²) in [6.07, 6.45) is 9.08. The minimum absolute atomic E-state index is 0.0215. The summed E-state index contributed by atoms with van der Waals surface area (Å²) in [4.78, 5) is 54.9. The van der Waals surface area contributed by atoms with Crippen LogP contribution in [0.2, 0.25) is 0 Å². The number of alkyl carbamates (subject to hydrolysis) is 1. The molecule has 1 aromatic rings. The van der Waals surface area contributed by atoms with Gasteiger partial charge < -0.3 is 20.3 Å². The molecular formula is C30H40FN3O5. The molecule has 2 heterocycles. The van der Waals surface area contributed by atoms with E-state index >= 15 is 0 Å². The Hall–Kier alpha value is -3.23. The number of fused-ring (bicyclic) bond motifs is 2. The first-order valence-corrected chi connectivity index (χ1v) is 14.0. The van der Waals surface area contributed by atoms with Gasteiger partial charge in [-0.05, 0) is 89.5 Å². The normalized spacial score (nSPS) is 28.8. The molecule has 39 heavy (non-hydrogen) atoms. The molecule has 8 nitrogen and oxygen atoms in total. The van der Waals surface area contributed by atoms with E-state index in [1.165, 1.54) is 24.3 Å². The highest BCUT2D eigenvalue weighted by molar-refractivity contribution is 6.02. The SMILES string of the molecule is CC(C)(C)OC(=O)N[C@H]1CCCCC/C=C\[C@@H]2C[C@@]2(C(=O)Nc2ccc(F)cc2)CC(=O)[C@@H]2CCCN2C1=O. The van der Waals surface area contributed by atoms with Gasteiger partial charge in [-0.15, -0.1) is 0 Å². The van der Waals surface area contributed by atoms with Gasteiger partial charge in [0.05, 0.1) is 11.5 Å². The first kappa shape index (κ1) is 28.8. The van der Waals surface area contributed by atoms with Gasteiger partial charge in [0.25, 0.3) is 0 Å². The van der Waals surface area contributed by atoms with Gasteiger partial charge in [-0.3, -0.25) is 14.4 Å². The van der Waals surface area contributed by atoms with Gasteiger partial charge in [0.15, 0.2) is 5.78 Å². The first-order chi connectivity index (χ1) is 18.5. The van der Waals surface area contributed by atoms with Crippen LogP contribution < -0.4 is 10.6 Å². The number of ether oxygens (including phenoxy) is 1. The molecule has 0 spiro atoms. The highest BCUT2D eigenvalue weighted by Gasteiger charge is 2.60. The fraction of sp³-hybridized carbons (Fsp3) is 0.600. The molecule has 0 unspecified atom stereocenters. The lowest BCUT2D eigenvalue weighted by Gasteiger charge is -2.30. The fourth-order valence-corrected chi connectivity index (χ4v) is 5.67. The van der Waals surface area contributed by atoms with Crippen LogP contribution in [0.5, 0.6) is 0 Å². The van der Waals surface area contributed by atoms with Crippen molar-refractivity contribution in [2.45, 2.75) is 96.2 Å². The molecule has 0 bridgehead atoms. The van der Waals surface area contributed by atoms with Crippen LogP contribution in [-0.2, 0) is 19.1 Å². The second kappa shape index (κ2) is 11.9. The Morgan fingerprint density at radius 1 is 1.05 bits per heavy atom. The maximum absolute atomic E-state index is 13.7. The van der Waals surface area contributed by atoms with Crippen LogP contribution in [0.4, 0.5) is 14.9 Å². The van der Waals surface area contributed by atoms with E-state index in [0.717, 1.165) is 25.7 Å². The van der Waals surface area contributed by atoms with Crippen molar-refractivity contribution in [2.75, 3.05) is 11.9 Å². The van der Waals surface area contributed by atoms with E-state index in [2.05, 4.69) is 16.7 Å². The zero-order valence-corrected chi connectivity index (χ0v) is 23.1. The van der Waals surface area contributed by atoms with Gasteiger partial charge in [0.1, 0.15) is 17.5 Å². The third-order valence-electron chi connectivity index (χ3n) is 7.81. The van der Waals surface area contributed by atoms with E-state index in [-0.39, 0.29) is 29.9 Å². The molecule has 2 N–H and O–H groups in total. The number of allylic oxidation sites excluding steroid dienone is 2. The highest BCUT2D eigenvalue weighted by atomic mass is 19.1. The van der Waals surface area contributed by atoms with E-state index < -0.39 is 35.0 Å². The molecule has 1 aliphatic carbocycles. The summed E-state index contributed by atoms with van der Waals surface area (Å²) in [5.74, 6) is -1.15. The van der Waals surface area contributed by atoms with Gasteiger partial charge in [-0.2, -0.15) is 0 Å². The molecule has 9 heteroatoms. The van der Waals surface area contributed by atoms with Gasteiger partial charge >= 0.3 is 6.09 Å². The maximum atomic E-state index is 13.7. The number of benzene rings is 1. The number of amides is 3. The Kier molecular flexibility index (Phi) is 8.76. The minimum atomic E-state index is -0.895. The largest absolute Gasteiger partial charge is 0.444 e. The molecule has 1 aromatic carbocycles. The molecule has 4 atom stereocenters. The molecule has 3 amide bonds. The number of ketones is 1. The summed E-state index contributed by atoms with van der Waals surface area (Å²) in [7, 11) is 0. The molecule has 212 valence electrons. The number of rotatable bonds is 3. The smallest absolute Gasteiger partial charge is 0.408 e. The molecule has 3 aliphatic rings. The molecule has 2 fully saturated rings. The molecule has 1 saturated heterocycles. The predicted octanol–water partition coefficient (Wildman–Crippen LogP) is 5.13. The molecule has 4 rings (SSSR count). The Morgan fingerprint density at radius 3 is 2.51 bits per heavy atom. The van der Waals surface area contributed by atoms with Crippen LogP contribution in [0, 0.1) is 17.2 Å². The van der Waals surface area contributed by atoms with Crippen LogP contribution in [-0.4, -0.2) is 52.8 Å². The van der Waals surface area contributed by atoms with Crippen molar-refractivity contribution < 1.29 is 28.3 Å². The number of nitrogens with one attached hydrogen (secondary N) is 2. The van der Waals surface area contributed by atoms with E-state index in [1.54, 1.807) is 25.7 Å². The summed E-state index contributed by atoms with van der Waals surface area (Å²) in [5, 5.41) is 5.62. The summed E-state index contributed by atoms with van der Waals surface area (Å²) in [6.45, 7) is 5.72. The zero-order valence-electron chi connectivity index (χ0n) is 23.1. The second-order valence-electron chi connectivity index (χ2n) is 12.0. The van der Waals surface area contributed by atoms with E-state index in [0.29, 0.717) is 37.9 Å². The average Bonchev–Trinajstić information content (AvgIpc) is 3.32. The lowest BCUT2D eigenvalue weighted by molar-refractivity contribution is -0.140. The van der Waals surface area contributed by atoms with Crippen molar-refractivity contribution in [1.29, 1.82) is 0 Å². The standard InChI is InChI=1S/C30H40FN3O5/c1-29(2,3)39-28(38)33-23-11-8-6-4-5-7-10-20-18-30(20,27(37)32-22-15-13-21(31)14-16-22)19-25(35)24-12-9-17-34(24)26(23)36/h7,10,13-16,20,23-24H,4-6,8-9,11-12,17-19H2,1-3H3,(H,32,37)(H,33,38)/b10-7-/t20-,23+,24+,30-/m1/s1. The molecule has 2 aliphatic heterocycles. The number of halogens is 1. The molecule has 0 aromatic heterocycles. The number of hydrogen-bond acceptors (Lipinski definition) is 5. The Bertz CT molecular complexity index is 1110. The Balaban J connectivity index is 1.54. The van der Waals surface area contributed by atoms with Crippen molar-refractivity contribution in [3.63, 3.8) is 0 Å². The van der Waals surface area contributed by atoms with Crippen molar-refractivity contribution in [3.05, 3.63) is 42.2 Å². The zero-order chi connectivity index (χ0) is 28.2. The van der Waals surface area contributed by atoms with Crippen LogP contribution in [0.25, 0.3) is 0 Å². The monoisotopic (exact) mass is 541 g/mol. The highest BCUT2D eigenvalue weighted by Crippen LogP contribution is 2.57. The molecule has 1 saturated carbocycles. The van der Waals surface area contributed by atoms with Crippen LogP contribution in [0.1, 0.15) is 78.6 Å². The Labute approximate surface area is 229 Å². The van der Waals surface area contributed by atoms with Gasteiger partial charge in [0.2, 0.25) is 11.8 Å². The van der Waals surface area contributed by atoms with Gasteiger partial charge in [-0.25, -0.2) is 9.18 Å². The summed E-state index contributed by atoms with van der Waals surface area (Å²) >= 11 is 0. The summed E-state index contributed by atoms with van der Waals surface area (Å²) < 4.78 is 18.8. The third kappa shape index (κ3) is 7.25. The predicted molar refractivity (Wildman–Crippen MR) is 145 cm³/mol. The lowest BCUT2D eigenvalue weighted by Crippen LogP contribution is -2.52. The van der Waals surface area contributed by atoms with Crippen molar-refractivity contribution in [3.8, 4) is 0 Å². The minimum Gasteiger partial charge on any atom is -0.444 e. The fourth-order valence-electron chi connectivity index (χ4n) is 5.67. The molecule has 0 radical (unpaired) electrons. The maximum Gasteiger partial charge on any atom is 0.408 e.